The van der Waals surface area contributed by atoms with E-state index in [4.69, 9.17) is 4.42 Å². The molecule has 148 valence electrons. The molecule has 0 saturated heterocycles. The second kappa shape index (κ2) is 8.45. The Hall–Kier alpha value is -4.19. The number of hydrogen-bond acceptors (Lipinski definition) is 3. The lowest BCUT2D eigenvalue weighted by Gasteiger charge is -2.06. The van der Waals surface area contributed by atoms with Gasteiger partial charge in [0.15, 0.2) is 0 Å². The van der Waals surface area contributed by atoms with E-state index in [1.807, 2.05) is 30.3 Å². The largest absolute Gasteiger partial charge is 0.449 e. The number of rotatable bonds is 5. The maximum Gasteiger partial charge on any atom is 0.293 e. The van der Waals surface area contributed by atoms with E-state index in [2.05, 4.69) is 10.6 Å². The number of hydrogen-bond donors (Lipinski definition) is 2. The molecular weight excluding hydrogens is 383 g/mol. The van der Waals surface area contributed by atoms with Gasteiger partial charge in [-0.05, 0) is 42.0 Å². The number of fused-ring (bicyclic) bond motifs is 1. The van der Waals surface area contributed by atoms with Crippen molar-refractivity contribution in [2.75, 3.05) is 10.6 Å². The smallest absolute Gasteiger partial charge is 0.293 e. The Bertz CT molecular complexity index is 1250. The molecule has 0 fully saturated rings. The molecule has 2 amide bonds. The van der Waals surface area contributed by atoms with E-state index in [0.29, 0.717) is 11.0 Å². The van der Waals surface area contributed by atoms with Crippen LogP contribution in [0.15, 0.2) is 89.4 Å². The van der Waals surface area contributed by atoms with Crippen LogP contribution in [-0.2, 0) is 4.79 Å². The zero-order valence-electron chi connectivity index (χ0n) is 15.8. The van der Waals surface area contributed by atoms with Crippen molar-refractivity contribution < 1.29 is 18.4 Å². The van der Waals surface area contributed by atoms with Crippen molar-refractivity contribution in [1.29, 1.82) is 0 Å². The molecule has 1 aromatic heterocycles. The average molecular weight is 400 g/mol. The number of carbonyl (C=O) groups excluding carboxylic acids is 2. The van der Waals surface area contributed by atoms with Gasteiger partial charge in [-0.25, -0.2) is 4.39 Å². The molecule has 2 N–H and O–H groups in total. The first-order chi connectivity index (χ1) is 14.6. The Morgan fingerprint density at radius 1 is 0.867 bits per heavy atom. The summed E-state index contributed by atoms with van der Waals surface area (Å²) >= 11 is 0. The number of furan rings is 1. The molecule has 0 radical (unpaired) electrons. The third-order valence-corrected chi connectivity index (χ3v) is 4.36. The predicted molar refractivity (Wildman–Crippen MR) is 115 cm³/mol. The van der Waals surface area contributed by atoms with Crippen molar-refractivity contribution >= 4 is 40.2 Å². The number of benzene rings is 3. The molecule has 5 nitrogen and oxygen atoms in total. The van der Waals surface area contributed by atoms with Crippen LogP contribution in [0.5, 0.6) is 0 Å². The summed E-state index contributed by atoms with van der Waals surface area (Å²) in [6.07, 6.45) is 3.05. The summed E-state index contributed by atoms with van der Waals surface area (Å²) in [6, 6.07) is 21.9. The van der Waals surface area contributed by atoms with E-state index in [9.17, 15) is 14.0 Å². The first-order valence-electron chi connectivity index (χ1n) is 9.23. The molecular formula is C24H17FN2O3. The first-order valence-corrected chi connectivity index (χ1v) is 9.23. The molecule has 0 aliphatic heterocycles. The molecule has 6 heteroatoms. The minimum absolute atomic E-state index is 0.0677. The van der Waals surface area contributed by atoms with E-state index in [-0.39, 0.29) is 17.1 Å². The Morgan fingerprint density at radius 2 is 1.63 bits per heavy atom. The fourth-order valence-electron chi connectivity index (χ4n) is 2.98. The van der Waals surface area contributed by atoms with Gasteiger partial charge in [-0.1, -0.05) is 48.5 Å². The van der Waals surface area contributed by atoms with Crippen LogP contribution in [-0.4, -0.2) is 11.8 Å². The maximum atomic E-state index is 13.4. The second-order valence-electron chi connectivity index (χ2n) is 6.50. The maximum absolute atomic E-state index is 13.4. The van der Waals surface area contributed by atoms with Crippen LogP contribution in [0.25, 0.3) is 17.0 Å². The number of nitrogens with one attached hydrogen (secondary N) is 2. The van der Waals surface area contributed by atoms with Gasteiger partial charge in [-0.15, -0.1) is 0 Å². The van der Waals surface area contributed by atoms with Gasteiger partial charge in [-0.3, -0.25) is 9.59 Å². The topological polar surface area (TPSA) is 71.3 Å². The minimum atomic E-state index is -0.598. The van der Waals surface area contributed by atoms with Gasteiger partial charge < -0.3 is 15.1 Å². The van der Waals surface area contributed by atoms with Crippen LogP contribution in [0, 0.1) is 5.82 Å². The zero-order chi connectivity index (χ0) is 20.9. The number of anilines is 2. The van der Waals surface area contributed by atoms with Gasteiger partial charge in [0.2, 0.25) is 11.7 Å². The summed E-state index contributed by atoms with van der Waals surface area (Å²) in [6.45, 7) is 0. The zero-order valence-corrected chi connectivity index (χ0v) is 15.8. The van der Waals surface area contributed by atoms with Crippen molar-refractivity contribution in [3.63, 3.8) is 0 Å². The lowest BCUT2D eigenvalue weighted by atomic mass is 10.2. The first kappa shape index (κ1) is 19.1. The molecule has 0 aliphatic carbocycles. The van der Waals surface area contributed by atoms with E-state index < -0.39 is 17.6 Å². The lowest BCUT2D eigenvalue weighted by molar-refractivity contribution is -0.111. The summed E-state index contributed by atoms with van der Waals surface area (Å²) in [4.78, 5) is 25.3. The van der Waals surface area contributed by atoms with Crippen molar-refractivity contribution in [3.8, 4) is 0 Å². The highest BCUT2D eigenvalue weighted by atomic mass is 19.1. The summed E-state index contributed by atoms with van der Waals surface area (Å²) < 4.78 is 19.1. The van der Waals surface area contributed by atoms with Gasteiger partial charge in [0.25, 0.3) is 5.91 Å². The summed E-state index contributed by atoms with van der Waals surface area (Å²) in [7, 11) is 0. The van der Waals surface area contributed by atoms with Crippen molar-refractivity contribution in [1.82, 2.24) is 0 Å². The van der Waals surface area contributed by atoms with Gasteiger partial charge in [0.1, 0.15) is 17.1 Å². The second-order valence-corrected chi connectivity index (χ2v) is 6.50. The molecule has 0 bridgehead atoms. The number of amides is 2. The Labute approximate surface area is 171 Å². The van der Waals surface area contributed by atoms with Crippen molar-refractivity contribution in [3.05, 3.63) is 102 Å². The van der Waals surface area contributed by atoms with Crippen LogP contribution >= 0.6 is 0 Å². The highest BCUT2D eigenvalue weighted by Gasteiger charge is 2.22. The minimum Gasteiger partial charge on any atom is -0.449 e. The van der Waals surface area contributed by atoms with E-state index in [1.54, 1.807) is 36.4 Å². The number of para-hydroxylation sites is 1. The number of carbonyl (C=O) groups is 2. The quantitative estimate of drug-likeness (QED) is 0.436. The predicted octanol–water partition coefficient (Wildman–Crippen LogP) is 5.48. The molecule has 0 atom stereocenters. The van der Waals surface area contributed by atoms with Gasteiger partial charge >= 0.3 is 0 Å². The highest BCUT2D eigenvalue weighted by molar-refractivity contribution is 6.16. The monoisotopic (exact) mass is 400 g/mol. The molecule has 0 spiro atoms. The Kier molecular flexibility index (Phi) is 5.39. The molecule has 0 unspecified atom stereocenters. The molecule has 0 aliphatic rings. The van der Waals surface area contributed by atoms with Crippen molar-refractivity contribution in [2.45, 2.75) is 0 Å². The van der Waals surface area contributed by atoms with Crippen LogP contribution < -0.4 is 10.6 Å². The van der Waals surface area contributed by atoms with E-state index in [0.717, 1.165) is 5.56 Å². The lowest BCUT2D eigenvalue weighted by Crippen LogP contribution is -2.15. The SMILES string of the molecule is O=C(/C=C\c1ccccc1)Nc1c(C(=O)Nc2cccc(F)c2)oc2ccccc12. The van der Waals surface area contributed by atoms with Crippen LogP contribution in [0.4, 0.5) is 15.8 Å². The van der Waals surface area contributed by atoms with E-state index in [1.165, 1.54) is 24.3 Å². The third kappa shape index (κ3) is 4.28. The fourth-order valence-corrected chi connectivity index (χ4v) is 2.98. The number of halogens is 1. The standard InChI is InChI=1S/C24H17FN2O3/c25-17-9-6-10-18(15-17)26-24(29)23-22(19-11-4-5-12-20(19)30-23)27-21(28)14-13-16-7-2-1-3-8-16/h1-15H,(H,26,29)(H,27,28)/b14-13-. The molecule has 4 aromatic rings. The fraction of sp³-hybridized carbons (Fsp3) is 0. The van der Waals surface area contributed by atoms with Crippen LogP contribution in [0.1, 0.15) is 16.1 Å². The van der Waals surface area contributed by atoms with Crippen LogP contribution in [0.2, 0.25) is 0 Å². The van der Waals surface area contributed by atoms with Crippen LogP contribution in [0.3, 0.4) is 0 Å². The average Bonchev–Trinajstić information content (AvgIpc) is 3.12. The van der Waals surface area contributed by atoms with Gasteiger partial charge in [-0.2, -0.15) is 0 Å². The summed E-state index contributed by atoms with van der Waals surface area (Å²) in [5.41, 5.74) is 1.85. The van der Waals surface area contributed by atoms with Crippen molar-refractivity contribution in [2.24, 2.45) is 0 Å². The summed E-state index contributed by atoms with van der Waals surface area (Å²) in [5.74, 6) is -1.55. The molecule has 3 aromatic carbocycles. The molecule has 0 saturated carbocycles. The summed E-state index contributed by atoms with van der Waals surface area (Å²) in [5, 5.41) is 5.90. The Morgan fingerprint density at radius 3 is 2.43 bits per heavy atom. The molecule has 30 heavy (non-hydrogen) atoms. The third-order valence-electron chi connectivity index (χ3n) is 4.36. The Balaban J connectivity index is 1.62. The normalized spacial score (nSPS) is 11.0. The highest BCUT2D eigenvalue weighted by Crippen LogP contribution is 2.31. The molecule has 1 heterocycles. The van der Waals surface area contributed by atoms with E-state index >= 15 is 0 Å². The van der Waals surface area contributed by atoms with Gasteiger partial charge in [0, 0.05) is 17.1 Å². The van der Waals surface area contributed by atoms with Gasteiger partial charge in [0.05, 0.1) is 0 Å². The molecule has 4 rings (SSSR count).